The van der Waals surface area contributed by atoms with Gasteiger partial charge in [-0.25, -0.2) is 4.98 Å². The number of hydrogen-bond acceptors (Lipinski definition) is 2. The Hall–Kier alpha value is -2.42. The first-order valence-electron chi connectivity index (χ1n) is 7.75. The lowest BCUT2D eigenvalue weighted by molar-refractivity contribution is 0.747. The third kappa shape index (κ3) is 2.33. The number of aryl methyl sites for hydroxylation is 3. The zero-order valence-corrected chi connectivity index (χ0v) is 13.3. The van der Waals surface area contributed by atoms with Gasteiger partial charge in [-0.2, -0.15) is 0 Å². The third-order valence-electron chi connectivity index (χ3n) is 4.07. The van der Waals surface area contributed by atoms with Crippen LogP contribution in [-0.4, -0.2) is 9.55 Å². The van der Waals surface area contributed by atoms with Gasteiger partial charge in [0, 0.05) is 23.7 Å². The van der Waals surface area contributed by atoms with Crippen LogP contribution in [0.15, 0.2) is 47.3 Å². The van der Waals surface area contributed by atoms with Gasteiger partial charge in [-0.1, -0.05) is 37.3 Å². The van der Waals surface area contributed by atoms with E-state index in [1.807, 2.05) is 37.3 Å². The highest BCUT2D eigenvalue weighted by molar-refractivity contribution is 5.95. The summed E-state index contributed by atoms with van der Waals surface area (Å²) in [5.74, 6) is 0. The van der Waals surface area contributed by atoms with Crippen molar-refractivity contribution in [2.45, 2.75) is 33.7 Å². The van der Waals surface area contributed by atoms with E-state index in [4.69, 9.17) is 4.98 Å². The minimum absolute atomic E-state index is 0.00834. The van der Waals surface area contributed by atoms with Crippen molar-refractivity contribution < 1.29 is 0 Å². The molecule has 0 saturated carbocycles. The fourth-order valence-electron chi connectivity index (χ4n) is 2.96. The van der Waals surface area contributed by atoms with E-state index < -0.39 is 0 Å². The summed E-state index contributed by atoms with van der Waals surface area (Å²) in [6, 6.07) is 13.9. The van der Waals surface area contributed by atoms with Crippen molar-refractivity contribution in [2.75, 3.05) is 0 Å². The summed E-state index contributed by atoms with van der Waals surface area (Å²) in [4.78, 5) is 17.2. The number of rotatable bonds is 3. The van der Waals surface area contributed by atoms with E-state index in [2.05, 4.69) is 19.9 Å². The predicted octanol–water partition coefficient (Wildman–Crippen LogP) is 3.95. The van der Waals surface area contributed by atoms with E-state index in [1.165, 1.54) is 5.56 Å². The van der Waals surface area contributed by atoms with Crippen LogP contribution in [0.1, 0.15) is 25.1 Å². The first-order chi connectivity index (χ1) is 10.7. The average molecular weight is 292 g/mol. The van der Waals surface area contributed by atoms with Crippen LogP contribution < -0.4 is 5.56 Å². The summed E-state index contributed by atoms with van der Waals surface area (Å²) in [6.45, 7) is 6.80. The summed E-state index contributed by atoms with van der Waals surface area (Å²) < 4.78 is 1.76. The molecule has 3 nitrogen and oxygen atoms in total. The number of aromatic nitrogens is 2. The molecule has 0 unspecified atom stereocenters. The van der Waals surface area contributed by atoms with Crippen molar-refractivity contribution in [2.24, 2.45) is 0 Å². The van der Waals surface area contributed by atoms with Crippen LogP contribution in [-0.2, 0) is 13.0 Å². The van der Waals surface area contributed by atoms with Gasteiger partial charge >= 0.3 is 0 Å². The van der Waals surface area contributed by atoms with Gasteiger partial charge in [0.05, 0.1) is 0 Å². The van der Waals surface area contributed by atoms with Crippen molar-refractivity contribution in [3.05, 3.63) is 64.1 Å². The van der Waals surface area contributed by atoms with Crippen LogP contribution >= 0.6 is 0 Å². The Bertz CT molecular complexity index is 879. The van der Waals surface area contributed by atoms with Gasteiger partial charge in [0.15, 0.2) is 0 Å². The molecule has 1 aromatic carbocycles. The number of pyridine rings is 2. The standard InChI is InChI=1S/C19H20N2O/c1-4-15-11-13(3)18-16(14-9-7-6-8-10-14)12-17(22)21(5-2)19(18)20-15/h6-12H,4-5H2,1-3H3. The Morgan fingerprint density at radius 3 is 2.45 bits per heavy atom. The monoisotopic (exact) mass is 292 g/mol. The topological polar surface area (TPSA) is 34.9 Å². The number of nitrogens with zero attached hydrogens (tertiary/aromatic N) is 2. The van der Waals surface area contributed by atoms with Gasteiger partial charge in [-0.05, 0) is 43.0 Å². The molecular formula is C19H20N2O. The molecular weight excluding hydrogens is 272 g/mol. The molecule has 0 atom stereocenters. The Labute approximate surface area is 130 Å². The summed E-state index contributed by atoms with van der Waals surface area (Å²) in [6.07, 6.45) is 0.865. The molecule has 0 bridgehead atoms. The van der Waals surface area contributed by atoms with Crippen LogP contribution in [0.5, 0.6) is 0 Å². The second kappa shape index (κ2) is 5.76. The Morgan fingerprint density at radius 2 is 1.82 bits per heavy atom. The normalized spacial score (nSPS) is 11.0. The van der Waals surface area contributed by atoms with Gasteiger partial charge < -0.3 is 0 Å². The highest BCUT2D eigenvalue weighted by Gasteiger charge is 2.14. The minimum Gasteiger partial charge on any atom is -0.293 e. The van der Waals surface area contributed by atoms with Crippen LogP contribution in [0.4, 0.5) is 0 Å². The lowest BCUT2D eigenvalue weighted by Gasteiger charge is -2.15. The molecule has 0 amide bonds. The first kappa shape index (κ1) is 14.5. The zero-order chi connectivity index (χ0) is 15.7. The molecule has 0 aliphatic carbocycles. The molecule has 2 aromatic heterocycles. The van der Waals surface area contributed by atoms with Crippen LogP contribution in [0.25, 0.3) is 22.2 Å². The summed E-state index contributed by atoms with van der Waals surface area (Å²) in [5, 5.41) is 1.07. The van der Waals surface area contributed by atoms with E-state index >= 15 is 0 Å². The molecule has 2 heterocycles. The quantitative estimate of drug-likeness (QED) is 0.732. The van der Waals surface area contributed by atoms with Gasteiger partial charge in [0.2, 0.25) is 0 Å². The fraction of sp³-hybridized carbons (Fsp3) is 0.263. The molecule has 0 radical (unpaired) electrons. The van der Waals surface area contributed by atoms with Crippen molar-refractivity contribution >= 4 is 11.0 Å². The molecule has 0 N–H and O–H groups in total. The van der Waals surface area contributed by atoms with Crippen molar-refractivity contribution in [1.82, 2.24) is 9.55 Å². The fourth-order valence-corrected chi connectivity index (χ4v) is 2.96. The third-order valence-corrected chi connectivity index (χ3v) is 4.07. The molecule has 3 aromatic rings. The lowest BCUT2D eigenvalue weighted by Crippen LogP contribution is -2.20. The zero-order valence-electron chi connectivity index (χ0n) is 13.3. The molecule has 22 heavy (non-hydrogen) atoms. The number of hydrogen-bond donors (Lipinski definition) is 0. The maximum absolute atomic E-state index is 12.5. The Morgan fingerprint density at radius 1 is 1.09 bits per heavy atom. The van der Waals surface area contributed by atoms with Crippen molar-refractivity contribution in [1.29, 1.82) is 0 Å². The van der Waals surface area contributed by atoms with Crippen LogP contribution in [0.3, 0.4) is 0 Å². The Kier molecular flexibility index (Phi) is 3.80. The van der Waals surface area contributed by atoms with Crippen LogP contribution in [0.2, 0.25) is 0 Å². The summed E-state index contributed by atoms with van der Waals surface area (Å²) in [5.41, 5.74) is 5.03. The minimum atomic E-state index is 0.00834. The largest absolute Gasteiger partial charge is 0.293 e. The molecule has 112 valence electrons. The summed E-state index contributed by atoms with van der Waals surface area (Å²) >= 11 is 0. The first-order valence-corrected chi connectivity index (χ1v) is 7.75. The maximum atomic E-state index is 12.5. The molecule has 3 rings (SSSR count). The maximum Gasteiger partial charge on any atom is 0.252 e. The molecule has 0 aliphatic heterocycles. The highest BCUT2D eigenvalue weighted by atomic mass is 16.1. The van der Waals surface area contributed by atoms with E-state index in [1.54, 1.807) is 10.6 Å². The van der Waals surface area contributed by atoms with Gasteiger partial charge in [0.1, 0.15) is 5.65 Å². The Balaban J connectivity index is 2.47. The van der Waals surface area contributed by atoms with E-state index in [-0.39, 0.29) is 5.56 Å². The highest BCUT2D eigenvalue weighted by Crippen LogP contribution is 2.29. The SMILES string of the molecule is CCc1cc(C)c2c(-c3ccccc3)cc(=O)n(CC)c2n1. The molecule has 0 aliphatic rings. The smallest absolute Gasteiger partial charge is 0.252 e. The number of benzene rings is 1. The molecule has 3 heteroatoms. The second-order valence-electron chi connectivity index (χ2n) is 5.49. The van der Waals surface area contributed by atoms with E-state index in [0.29, 0.717) is 6.54 Å². The second-order valence-corrected chi connectivity index (χ2v) is 5.49. The molecule has 0 spiro atoms. The predicted molar refractivity (Wildman–Crippen MR) is 91.2 cm³/mol. The van der Waals surface area contributed by atoms with E-state index in [9.17, 15) is 4.79 Å². The average Bonchev–Trinajstić information content (AvgIpc) is 2.54. The van der Waals surface area contributed by atoms with Crippen molar-refractivity contribution in [3.63, 3.8) is 0 Å². The number of fused-ring (bicyclic) bond motifs is 1. The molecule has 0 saturated heterocycles. The van der Waals surface area contributed by atoms with Gasteiger partial charge in [-0.3, -0.25) is 9.36 Å². The van der Waals surface area contributed by atoms with Gasteiger partial charge in [0.25, 0.3) is 5.56 Å². The molecule has 0 fully saturated rings. The summed E-state index contributed by atoms with van der Waals surface area (Å²) in [7, 11) is 0. The van der Waals surface area contributed by atoms with Crippen LogP contribution in [0, 0.1) is 6.92 Å². The van der Waals surface area contributed by atoms with Gasteiger partial charge in [-0.15, -0.1) is 0 Å². The van der Waals surface area contributed by atoms with Crippen molar-refractivity contribution in [3.8, 4) is 11.1 Å². The lowest BCUT2D eigenvalue weighted by atomic mass is 9.99. The van der Waals surface area contributed by atoms with E-state index in [0.717, 1.165) is 34.3 Å².